The Morgan fingerprint density at radius 3 is 2.47 bits per heavy atom. The van der Waals surface area contributed by atoms with Gasteiger partial charge in [0, 0.05) is 18.3 Å². The molecule has 0 saturated heterocycles. The minimum atomic E-state index is -0.485. The zero-order valence-corrected chi connectivity index (χ0v) is 19.6. The molecule has 1 aliphatic carbocycles. The third-order valence-corrected chi connectivity index (χ3v) is 6.98. The van der Waals surface area contributed by atoms with Crippen LogP contribution in [0.5, 0.6) is 0 Å². The van der Waals surface area contributed by atoms with Crippen LogP contribution in [-0.4, -0.2) is 41.1 Å². The number of hydrogen-bond acceptors (Lipinski definition) is 3. The molecule has 2 aromatic carbocycles. The maximum absolute atomic E-state index is 13.9. The van der Waals surface area contributed by atoms with E-state index in [1.807, 2.05) is 37.3 Å². The molecule has 0 aromatic heterocycles. The second kappa shape index (κ2) is 12.6. The fourth-order valence-electron chi connectivity index (χ4n) is 4.21. The highest BCUT2D eigenvalue weighted by molar-refractivity contribution is 7.99. The lowest BCUT2D eigenvalue weighted by molar-refractivity contribution is -0.139. The normalized spacial score (nSPS) is 14.8. The van der Waals surface area contributed by atoms with Crippen molar-refractivity contribution in [3.8, 4) is 0 Å². The van der Waals surface area contributed by atoms with Crippen LogP contribution in [0.1, 0.15) is 50.2 Å². The third-order valence-electron chi connectivity index (χ3n) is 6.01. The van der Waals surface area contributed by atoms with Crippen molar-refractivity contribution >= 4 is 23.6 Å². The van der Waals surface area contributed by atoms with E-state index >= 15 is 0 Å². The van der Waals surface area contributed by atoms with Crippen LogP contribution in [0.15, 0.2) is 54.6 Å². The van der Waals surface area contributed by atoms with Gasteiger partial charge in [0.15, 0.2) is 0 Å². The summed E-state index contributed by atoms with van der Waals surface area (Å²) < 4.78 is 13.9. The summed E-state index contributed by atoms with van der Waals surface area (Å²) >= 11 is 1.39. The first-order valence-corrected chi connectivity index (χ1v) is 12.7. The summed E-state index contributed by atoms with van der Waals surface area (Å²) in [6.07, 6.45) is 5.57. The van der Waals surface area contributed by atoms with Crippen molar-refractivity contribution in [2.45, 2.75) is 63.3 Å². The van der Waals surface area contributed by atoms with Crippen molar-refractivity contribution in [2.75, 3.05) is 12.3 Å². The van der Waals surface area contributed by atoms with Crippen molar-refractivity contribution in [2.24, 2.45) is 0 Å². The number of nitrogens with one attached hydrogen (secondary N) is 1. The van der Waals surface area contributed by atoms with E-state index in [9.17, 15) is 14.0 Å². The van der Waals surface area contributed by atoms with Crippen LogP contribution < -0.4 is 5.32 Å². The Bertz CT molecular complexity index is 871. The summed E-state index contributed by atoms with van der Waals surface area (Å²) in [6.45, 7) is 2.44. The van der Waals surface area contributed by atoms with Gasteiger partial charge in [-0.25, -0.2) is 4.39 Å². The largest absolute Gasteiger partial charge is 0.352 e. The molecule has 1 aliphatic rings. The summed E-state index contributed by atoms with van der Waals surface area (Å²) in [6, 6.07) is 16.4. The van der Waals surface area contributed by atoms with Crippen LogP contribution in [0.4, 0.5) is 4.39 Å². The van der Waals surface area contributed by atoms with Gasteiger partial charge < -0.3 is 10.2 Å². The van der Waals surface area contributed by atoms with Gasteiger partial charge in [-0.1, -0.05) is 68.3 Å². The summed E-state index contributed by atoms with van der Waals surface area (Å²) in [5.74, 6) is 0.262. The number of thioether (sulfide) groups is 1. The minimum Gasteiger partial charge on any atom is -0.352 e. The third kappa shape index (κ3) is 7.09. The van der Waals surface area contributed by atoms with E-state index in [1.165, 1.54) is 17.8 Å². The molecule has 32 heavy (non-hydrogen) atoms. The highest BCUT2D eigenvalue weighted by atomic mass is 32.2. The monoisotopic (exact) mass is 456 g/mol. The van der Waals surface area contributed by atoms with Gasteiger partial charge in [-0.15, -0.1) is 11.8 Å². The number of carbonyl (C=O) groups is 2. The quantitative estimate of drug-likeness (QED) is 0.520. The summed E-state index contributed by atoms with van der Waals surface area (Å²) in [7, 11) is 0. The van der Waals surface area contributed by atoms with Gasteiger partial charge in [0.05, 0.1) is 5.75 Å². The Morgan fingerprint density at radius 1 is 1.09 bits per heavy atom. The first-order valence-electron chi connectivity index (χ1n) is 11.5. The predicted octanol–water partition coefficient (Wildman–Crippen LogP) is 4.97. The van der Waals surface area contributed by atoms with Gasteiger partial charge in [0.1, 0.15) is 11.9 Å². The van der Waals surface area contributed by atoms with E-state index in [0.717, 1.165) is 31.2 Å². The standard InChI is InChI=1S/C26H33FN2O2S/c1-2-24(26(31)28-22-13-7-8-14-22)29(17-16-20-10-4-3-5-11-20)25(30)19-32-18-21-12-6-9-15-23(21)27/h3-6,9-12,15,22,24H,2,7-8,13-14,16-19H2,1H3,(H,28,31)/t24-/m0/s1. The molecule has 0 radical (unpaired) electrons. The molecule has 1 N–H and O–H groups in total. The topological polar surface area (TPSA) is 49.4 Å². The Labute approximate surface area is 195 Å². The average molecular weight is 457 g/mol. The van der Waals surface area contributed by atoms with Gasteiger partial charge in [-0.05, 0) is 42.9 Å². The molecule has 2 aromatic rings. The molecular formula is C26H33FN2O2S. The molecule has 0 unspecified atom stereocenters. The number of benzene rings is 2. The first kappa shape index (κ1) is 24.3. The number of halogens is 1. The maximum atomic E-state index is 13.9. The summed E-state index contributed by atoms with van der Waals surface area (Å²) in [5, 5.41) is 3.16. The molecule has 0 spiro atoms. The molecule has 6 heteroatoms. The molecule has 0 heterocycles. The minimum absolute atomic E-state index is 0.0556. The van der Waals surface area contributed by atoms with E-state index in [2.05, 4.69) is 5.32 Å². The predicted molar refractivity (Wildman–Crippen MR) is 129 cm³/mol. The fraction of sp³-hybridized carbons (Fsp3) is 0.462. The van der Waals surface area contributed by atoms with Gasteiger partial charge >= 0.3 is 0 Å². The summed E-state index contributed by atoms with van der Waals surface area (Å²) in [5.41, 5.74) is 1.72. The second-order valence-electron chi connectivity index (χ2n) is 8.32. The van der Waals surface area contributed by atoms with Crippen LogP contribution in [-0.2, 0) is 21.8 Å². The number of carbonyl (C=O) groups excluding carboxylic acids is 2. The lowest BCUT2D eigenvalue weighted by Gasteiger charge is -2.31. The molecule has 0 aliphatic heterocycles. The van der Waals surface area contributed by atoms with Gasteiger partial charge in [-0.2, -0.15) is 0 Å². The first-order chi connectivity index (χ1) is 15.6. The molecule has 2 amide bonds. The van der Waals surface area contributed by atoms with Gasteiger partial charge in [0.2, 0.25) is 11.8 Å². The van der Waals surface area contributed by atoms with E-state index < -0.39 is 6.04 Å². The number of nitrogens with zero attached hydrogens (tertiary/aromatic N) is 1. The average Bonchev–Trinajstić information content (AvgIpc) is 3.31. The van der Waals surface area contributed by atoms with E-state index in [-0.39, 0.29) is 29.4 Å². The SMILES string of the molecule is CC[C@@H](C(=O)NC1CCCC1)N(CCc1ccccc1)C(=O)CSCc1ccccc1F. The molecule has 1 saturated carbocycles. The molecule has 3 rings (SSSR count). The molecule has 1 atom stereocenters. The molecule has 172 valence electrons. The van der Waals surface area contributed by atoms with Gasteiger partial charge in [-0.3, -0.25) is 9.59 Å². The highest BCUT2D eigenvalue weighted by Gasteiger charge is 2.30. The zero-order valence-electron chi connectivity index (χ0n) is 18.8. The highest BCUT2D eigenvalue weighted by Crippen LogP contribution is 2.20. The van der Waals surface area contributed by atoms with Crippen LogP contribution >= 0.6 is 11.8 Å². The Hall–Kier alpha value is -2.34. The zero-order chi connectivity index (χ0) is 22.8. The Kier molecular flexibility index (Phi) is 9.60. The maximum Gasteiger partial charge on any atom is 0.243 e. The Morgan fingerprint density at radius 2 is 1.78 bits per heavy atom. The van der Waals surface area contributed by atoms with Crippen LogP contribution in [0.25, 0.3) is 0 Å². The van der Waals surface area contributed by atoms with Crippen LogP contribution in [0.2, 0.25) is 0 Å². The van der Waals surface area contributed by atoms with Crippen molar-refractivity contribution in [1.82, 2.24) is 10.2 Å². The molecular weight excluding hydrogens is 423 g/mol. The van der Waals surface area contributed by atoms with Crippen LogP contribution in [0, 0.1) is 5.82 Å². The molecule has 0 bridgehead atoms. The van der Waals surface area contributed by atoms with E-state index in [0.29, 0.717) is 30.7 Å². The van der Waals surface area contributed by atoms with Crippen molar-refractivity contribution in [1.29, 1.82) is 0 Å². The lowest BCUT2D eigenvalue weighted by atomic mass is 10.1. The van der Waals surface area contributed by atoms with E-state index in [4.69, 9.17) is 0 Å². The van der Waals surface area contributed by atoms with E-state index in [1.54, 1.807) is 23.1 Å². The number of rotatable bonds is 11. The van der Waals surface area contributed by atoms with Crippen molar-refractivity contribution < 1.29 is 14.0 Å². The van der Waals surface area contributed by atoms with Crippen LogP contribution in [0.3, 0.4) is 0 Å². The van der Waals surface area contributed by atoms with Crippen molar-refractivity contribution in [3.05, 3.63) is 71.5 Å². The summed E-state index contributed by atoms with van der Waals surface area (Å²) in [4.78, 5) is 28.0. The smallest absolute Gasteiger partial charge is 0.243 e. The fourth-order valence-corrected chi connectivity index (χ4v) is 5.11. The van der Waals surface area contributed by atoms with Gasteiger partial charge in [0.25, 0.3) is 0 Å². The Balaban J connectivity index is 1.65. The number of amides is 2. The second-order valence-corrected chi connectivity index (χ2v) is 9.31. The number of hydrogen-bond donors (Lipinski definition) is 1. The lowest BCUT2D eigenvalue weighted by Crippen LogP contribution is -2.52. The van der Waals surface area contributed by atoms with Crippen molar-refractivity contribution in [3.63, 3.8) is 0 Å². The molecule has 4 nitrogen and oxygen atoms in total. The molecule has 1 fully saturated rings.